The van der Waals surface area contributed by atoms with E-state index in [1.165, 1.54) is 17.1 Å². The average Bonchev–Trinajstić information content (AvgIpc) is 2.44. The van der Waals surface area contributed by atoms with Crippen LogP contribution in [0.5, 0.6) is 0 Å². The van der Waals surface area contributed by atoms with Crippen molar-refractivity contribution in [3.8, 4) is 11.5 Å². The second-order valence-electron chi connectivity index (χ2n) is 8.18. The van der Waals surface area contributed by atoms with Crippen LogP contribution < -0.4 is 0 Å². The summed E-state index contributed by atoms with van der Waals surface area (Å²) in [6.45, 7) is 14.0. The molecular weight excluding hydrogens is 320 g/mol. The van der Waals surface area contributed by atoms with Crippen LogP contribution in [0.2, 0.25) is 19.6 Å². The number of hydrogen-bond acceptors (Lipinski definition) is 2. The largest absolute Gasteiger partial charge is 0.142 e. The van der Waals surface area contributed by atoms with E-state index in [0.29, 0.717) is 10.00 Å². The third-order valence-corrected chi connectivity index (χ3v) is 7.92. The van der Waals surface area contributed by atoms with Crippen molar-refractivity contribution in [1.82, 2.24) is 0 Å². The van der Waals surface area contributed by atoms with E-state index in [9.17, 15) is 0 Å². The second kappa shape index (κ2) is 7.07. The van der Waals surface area contributed by atoms with E-state index in [4.69, 9.17) is 0 Å². The van der Waals surface area contributed by atoms with Crippen LogP contribution in [0.3, 0.4) is 0 Å². The van der Waals surface area contributed by atoms with Crippen LogP contribution >= 0.6 is 23.5 Å². The van der Waals surface area contributed by atoms with E-state index in [2.05, 4.69) is 99.7 Å². The van der Waals surface area contributed by atoms with Crippen LogP contribution in [-0.2, 0) is 0 Å². The summed E-state index contributed by atoms with van der Waals surface area (Å²) in [5.74, 6) is 6.71. The highest BCUT2D eigenvalue weighted by molar-refractivity contribution is 8.16. The molecule has 0 saturated carbocycles. The Morgan fingerprint density at radius 1 is 1.00 bits per heavy atom. The van der Waals surface area contributed by atoms with Gasteiger partial charge in [0.05, 0.1) is 4.58 Å². The van der Waals surface area contributed by atoms with Gasteiger partial charge in [-0.3, -0.25) is 0 Å². The van der Waals surface area contributed by atoms with Crippen molar-refractivity contribution >= 4 is 31.6 Å². The molecule has 1 aromatic rings. The molecular formula is C19H28S2Si. The summed E-state index contributed by atoms with van der Waals surface area (Å²) >= 11 is 4.22. The van der Waals surface area contributed by atoms with Crippen LogP contribution in [0.15, 0.2) is 24.3 Å². The molecule has 120 valence electrons. The van der Waals surface area contributed by atoms with Gasteiger partial charge in [-0.05, 0) is 40.5 Å². The lowest BCUT2D eigenvalue weighted by Crippen LogP contribution is -2.27. The predicted octanol–water partition coefficient (Wildman–Crippen LogP) is 6.06. The smallest absolute Gasteiger partial charge is 0.129 e. The molecule has 1 aromatic carbocycles. The maximum absolute atomic E-state index is 3.44. The van der Waals surface area contributed by atoms with Crippen LogP contribution in [0.1, 0.15) is 36.5 Å². The van der Waals surface area contributed by atoms with Crippen LogP contribution in [0, 0.1) is 22.8 Å². The van der Waals surface area contributed by atoms with Crippen molar-refractivity contribution in [2.45, 2.75) is 45.0 Å². The Labute approximate surface area is 146 Å². The first kappa shape index (κ1) is 18.0. The quantitative estimate of drug-likeness (QED) is 0.447. The monoisotopic (exact) mass is 348 g/mol. The standard InChI is InChI=1S/C19H28S2Si/c1-19(2,3)17-13-20-18(21-14-17)16-9-7-15(8-10-16)11-12-22(4,5)6/h7-10,17-18H,13-14H2,1-6H3. The SMILES string of the molecule is CC(C)(C)C1CSC(c2ccc(C#C[Si](C)(C)C)cc2)SC1. The summed E-state index contributed by atoms with van der Waals surface area (Å²) in [7, 11) is -1.28. The zero-order chi connectivity index (χ0) is 16.4. The van der Waals surface area contributed by atoms with Crippen molar-refractivity contribution in [2.24, 2.45) is 11.3 Å². The zero-order valence-corrected chi connectivity index (χ0v) is 17.3. The van der Waals surface area contributed by atoms with Crippen molar-refractivity contribution in [1.29, 1.82) is 0 Å². The Bertz CT molecular complexity index is 544. The van der Waals surface area contributed by atoms with E-state index in [0.717, 1.165) is 11.5 Å². The van der Waals surface area contributed by atoms with E-state index in [1.54, 1.807) is 0 Å². The average molecular weight is 349 g/mol. The highest BCUT2D eigenvalue weighted by Gasteiger charge is 2.31. The lowest BCUT2D eigenvalue weighted by molar-refractivity contribution is 0.292. The molecule has 0 radical (unpaired) electrons. The molecule has 0 spiro atoms. The van der Waals surface area contributed by atoms with Crippen molar-refractivity contribution < 1.29 is 0 Å². The van der Waals surface area contributed by atoms with E-state index >= 15 is 0 Å². The van der Waals surface area contributed by atoms with E-state index < -0.39 is 8.07 Å². The number of hydrogen-bond donors (Lipinski definition) is 0. The summed E-state index contributed by atoms with van der Waals surface area (Å²) in [5, 5.41) is 0. The fraction of sp³-hybridized carbons (Fsp3) is 0.579. The van der Waals surface area contributed by atoms with Gasteiger partial charge in [0.25, 0.3) is 0 Å². The Kier molecular flexibility index (Phi) is 5.80. The first-order chi connectivity index (χ1) is 10.1. The minimum atomic E-state index is -1.28. The number of benzene rings is 1. The molecule has 1 aliphatic heterocycles. The van der Waals surface area contributed by atoms with Crippen molar-refractivity contribution in [3.63, 3.8) is 0 Å². The van der Waals surface area contributed by atoms with Gasteiger partial charge in [-0.25, -0.2) is 0 Å². The minimum Gasteiger partial charge on any atom is -0.142 e. The van der Waals surface area contributed by atoms with Gasteiger partial charge in [-0.1, -0.05) is 58.5 Å². The van der Waals surface area contributed by atoms with E-state index in [1.807, 2.05) is 0 Å². The lowest BCUT2D eigenvalue weighted by Gasteiger charge is -2.36. The molecule has 1 heterocycles. The normalized spacial score (nSPS) is 22.8. The molecule has 0 nitrogen and oxygen atoms in total. The molecule has 0 aliphatic carbocycles. The Balaban J connectivity index is 1.99. The summed E-state index contributed by atoms with van der Waals surface area (Å²) in [6, 6.07) is 8.94. The summed E-state index contributed by atoms with van der Waals surface area (Å²) in [5.41, 5.74) is 6.47. The fourth-order valence-corrected chi connectivity index (χ4v) is 6.45. The van der Waals surface area contributed by atoms with Crippen molar-refractivity contribution in [3.05, 3.63) is 35.4 Å². The zero-order valence-electron chi connectivity index (χ0n) is 14.7. The fourth-order valence-electron chi connectivity index (χ4n) is 2.18. The molecule has 0 aromatic heterocycles. The predicted molar refractivity (Wildman–Crippen MR) is 107 cm³/mol. The summed E-state index contributed by atoms with van der Waals surface area (Å²) < 4.78 is 0.595. The van der Waals surface area contributed by atoms with Gasteiger partial charge in [-0.2, -0.15) is 0 Å². The molecule has 0 bridgehead atoms. The third-order valence-electron chi connectivity index (χ3n) is 3.89. The molecule has 0 amide bonds. The van der Waals surface area contributed by atoms with Gasteiger partial charge in [0.1, 0.15) is 8.07 Å². The van der Waals surface area contributed by atoms with Crippen LogP contribution in [0.25, 0.3) is 0 Å². The van der Waals surface area contributed by atoms with Crippen molar-refractivity contribution in [2.75, 3.05) is 11.5 Å². The molecule has 2 rings (SSSR count). The van der Waals surface area contributed by atoms with Gasteiger partial charge < -0.3 is 0 Å². The van der Waals surface area contributed by atoms with Crippen LogP contribution in [0.4, 0.5) is 0 Å². The number of thioether (sulfide) groups is 2. The van der Waals surface area contributed by atoms with E-state index in [-0.39, 0.29) is 0 Å². The molecule has 3 heteroatoms. The number of rotatable bonds is 1. The summed E-state index contributed by atoms with van der Waals surface area (Å²) in [6.07, 6.45) is 0. The minimum absolute atomic E-state index is 0.432. The van der Waals surface area contributed by atoms with Crippen LogP contribution in [-0.4, -0.2) is 19.6 Å². The highest BCUT2D eigenvalue weighted by atomic mass is 32.2. The molecule has 1 aliphatic rings. The molecule has 22 heavy (non-hydrogen) atoms. The Morgan fingerprint density at radius 2 is 1.55 bits per heavy atom. The first-order valence-corrected chi connectivity index (χ1v) is 13.6. The molecule has 0 N–H and O–H groups in total. The Hall–Kier alpha value is -0.303. The molecule has 1 saturated heterocycles. The maximum Gasteiger partial charge on any atom is 0.129 e. The Morgan fingerprint density at radius 3 is 2.00 bits per heavy atom. The highest BCUT2D eigenvalue weighted by Crippen LogP contribution is 2.49. The third kappa shape index (κ3) is 5.40. The van der Waals surface area contributed by atoms with Gasteiger partial charge in [0.2, 0.25) is 0 Å². The first-order valence-electron chi connectivity index (χ1n) is 8.01. The summed E-state index contributed by atoms with van der Waals surface area (Å²) in [4.78, 5) is 0. The topological polar surface area (TPSA) is 0 Å². The van der Waals surface area contributed by atoms with Gasteiger partial charge >= 0.3 is 0 Å². The van der Waals surface area contributed by atoms with Gasteiger partial charge in [0.15, 0.2) is 0 Å². The lowest BCUT2D eigenvalue weighted by atomic mass is 9.83. The molecule has 0 atom stereocenters. The molecule has 1 fully saturated rings. The molecule has 0 unspecified atom stereocenters. The maximum atomic E-state index is 3.44. The van der Waals surface area contributed by atoms with Gasteiger partial charge in [-0.15, -0.1) is 29.1 Å². The van der Waals surface area contributed by atoms with Gasteiger partial charge in [0, 0.05) is 5.56 Å². The second-order valence-corrected chi connectivity index (χ2v) is 15.5.